The number of ether oxygens (including phenoxy) is 2. The number of rotatable bonds is 7. The first-order valence-electron chi connectivity index (χ1n) is 11.2. The van der Waals surface area contributed by atoms with Gasteiger partial charge in [0.25, 0.3) is 0 Å². The minimum atomic E-state index is -0.355. The lowest BCUT2D eigenvalue weighted by Crippen LogP contribution is -2.36. The molecule has 0 spiro atoms. The van der Waals surface area contributed by atoms with Crippen molar-refractivity contribution in [3.63, 3.8) is 0 Å². The molecule has 0 bridgehead atoms. The number of hydrogen-bond acceptors (Lipinski definition) is 4. The molecule has 0 N–H and O–H groups in total. The van der Waals surface area contributed by atoms with Gasteiger partial charge < -0.3 is 9.47 Å². The van der Waals surface area contributed by atoms with E-state index in [2.05, 4.69) is 0 Å². The molecule has 0 aromatic heterocycles. The zero-order valence-electron chi connectivity index (χ0n) is 19.3. The molecule has 4 rings (SSSR count). The molecule has 0 radical (unpaired) electrons. The third kappa shape index (κ3) is 4.91. The summed E-state index contributed by atoms with van der Waals surface area (Å²) in [6.45, 7) is 6.42. The fourth-order valence-electron chi connectivity index (χ4n) is 4.21. The number of benzene rings is 3. The Hall–Kier alpha value is -3.02. The Morgan fingerprint density at radius 1 is 0.882 bits per heavy atom. The molecule has 1 amide bonds. The summed E-state index contributed by atoms with van der Waals surface area (Å²) in [5, 5.41) is 1.27. The van der Waals surface area contributed by atoms with Crippen LogP contribution in [0.5, 0.6) is 11.5 Å². The van der Waals surface area contributed by atoms with Crippen LogP contribution in [0.2, 0.25) is 10.0 Å². The summed E-state index contributed by atoms with van der Waals surface area (Å²) >= 11 is 12.3. The van der Waals surface area contributed by atoms with Gasteiger partial charge in [-0.15, -0.1) is 0 Å². The summed E-state index contributed by atoms with van der Waals surface area (Å²) in [5.74, 6) is 1.75. The van der Waals surface area contributed by atoms with E-state index in [0.29, 0.717) is 40.6 Å². The first-order valence-corrected chi connectivity index (χ1v) is 12.0. The molecule has 3 aromatic rings. The largest absolute Gasteiger partial charge is 0.494 e. The van der Waals surface area contributed by atoms with Gasteiger partial charge in [-0.25, -0.2) is 0 Å². The highest BCUT2D eigenvalue weighted by atomic mass is 35.5. The Labute approximate surface area is 209 Å². The van der Waals surface area contributed by atoms with E-state index >= 15 is 0 Å². The third-order valence-corrected chi connectivity index (χ3v) is 6.14. The summed E-state index contributed by atoms with van der Waals surface area (Å²) in [5.41, 5.74) is 2.62. The molecule has 34 heavy (non-hydrogen) atoms. The molecule has 0 aliphatic carbocycles. The average Bonchev–Trinajstić information content (AvgIpc) is 3.21. The zero-order chi connectivity index (χ0) is 24.2. The van der Waals surface area contributed by atoms with Crippen LogP contribution in [0, 0.1) is 0 Å². The second kappa shape index (κ2) is 10.5. The second-order valence-corrected chi connectivity index (χ2v) is 8.73. The van der Waals surface area contributed by atoms with Crippen LogP contribution in [0.15, 0.2) is 71.7 Å². The van der Waals surface area contributed by atoms with Crippen molar-refractivity contribution >= 4 is 34.9 Å². The molecular weight excluding hydrogens is 471 g/mol. The number of nitrogens with zero attached hydrogens (tertiary/aromatic N) is 2. The van der Waals surface area contributed by atoms with E-state index in [9.17, 15) is 4.79 Å². The van der Waals surface area contributed by atoms with Crippen molar-refractivity contribution in [1.82, 2.24) is 4.90 Å². The quantitative estimate of drug-likeness (QED) is 0.358. The van der Waals surface area contributed by atoms with E-state index < -0.39 is 0 Å². The van der Waals surface area contributed by atoms with Gasteiger partial charge >= 0.3 is 0 Å². The number of aliphatic imine (C=N–C) groups is 1. The van der Waals surface area contributed by atoms with E-state index in [4.69, 9.17) is 37.7 Å². The molecule has 1 aliphatic heterocycles. The molecule has 0 unspecified atom stereocenters. The van der Waals surface area contributed by atoms with E-state index in [-0.39, 0.29) is 18.0 Å². The lowest BCUT2D eigenvalue weighted by atomic mass is 9.93. The monoisotopic (exact) mass is 496 g/mol. The van der Waals surface area contributed by atoms with E-state index in [0.717, 1.165) is 16.7 Å². The van der Waals surface area contributed by atoms with Gasteiger partial charge in [-0.2, -0.15) is 0 Å². The van der Waals surface area contributed by atoms with E-state index in [1.54, 1.807) is 11.8 Å². The topological polar surface area (TPSA) is 51.1 Å². The van der Waals surface area contributed by atoms with Crippen LogP contribution in [-0.4, -0.2) is 29.9 Å². The molecule has 0 saturated heterocycles. The maximum Gasteiger partial charge on any atom is 0.225 e. The summed E-state index contributed by atoms with van der Waals surface area (Å²) in [7, 11) is 0. The molecule has 7 heteroatoms. The van der Waals surface area contributed by atoms with Crippen LogP contribution in [0.3, 0.4) is 0 Å². The number of carbonyl (C=O) groups excluding carboxylic acids is 1. The Balaban J connectivity index is 1.89. The Bertz CT molecular complexity index is 1190. The van der Waals surface area contributed by atoms with E-state index in [1.807, 2.05) is 80.6 Å². The predicted molar refractivity (Wildman–Crippen MR) is 136 cm³/mol. The summed E-state index contributed by atoms with van der Waals surface area (Å²) in [6, 6.07) is 20.0. The number of halogens is 2. The molecule has 176 valence electrons. The van der Waals surface area contributed by atoms with Gasteiger partial charge in [-0.3, -0.25) is 14.7 Å². The van der Waals surface area contributed by atoms with Gasteiger partial charge in [-0.1, -0.05) is 47.5 Å². The maximum absolute atomic E-state index is 13.1. The van der Waals surface area contributed by atoms with Crippen LogP contribution in [-0.2, 0) is 4.79 Å². The second-order valence-electron chi connectivity index (χ2n) is 7.86. The lowest BCUT2D eigenvalue weighted by Gasteiger charge is -2.29. The van der Waals surface area contributed by atoms with Crippen molar-refractivity contribution in [2.75, 3.05) is 13.2 Å². The predicted octanol–water partition coefficient (Wildman–Crippen LogP) is 6.88. The summed E-state index contributed by atoms with van der Waals surface area (Å²) in [4.78, 5) is 19.9. The van der Waals surface area contributed by atoms with Crippen molar-refractivity contribution < 1.29 is 14.3 Å². The summed E-state index contributed by atoms with van der Waals surface area (Å²) < 4.78 is 11.6. The van der Waals surface area contributed by atoms with Crippen LogP contribution in [0.1, 0.15) is 49.5 Å². The van der Waals surface area contributed by atoms with Crippen molar-refractivity contribution in [3.8, 4) is 11.5 Å². The minimum Gasteiger partial charge on any atom is -0.494 e. The number of carbonyl (C=O) groups is 1. The van der Waals surface area contributed by atoms with E-state index in [1.165, 1.54) is 0 Å². The van der Waals surface area contributed by atoms with Crippen LogP contribution < -0.4 is 9.47 Å². The van der Waals surface area contributed by atoms with Gasteiger partial charge in [0.1, 0.15) is 23.4 Å². The standard InChI is InChI=1S/C27H26Cl2N2O3/c1-4-33-22-14-15-23(24(16-22)34-5-2)27-30-25(18-6-10-20(28)11-7-18)26(31(27)17(3)32)19-8-12-21(29)13-9-19/h6-16,25-26H,4-5H2,1-3H3/t25-,26+/m1/s1. The zero-order valence-corrected chi connectivity index (χ0v) is 20.8. The first-order chi connectivity index (χ1) is 16.4. The fraction of sp³-hybridized carbons (Fsp3) is 0.259. The Kier molecular flexibility index (Phi) is 7.44. The molecule has 1 heterocycles. The van der Waals surface area contributed by atoms with Crippen molar-refractivity contribution in [3.05, 3.63) is 93.5 Å². The molecule has 3 aromatic carbocycles. The van der Waals surface area contributed by atoms with Gasteiger partial charge in [0.05, 0.1) is 24.8 Å². The van der Waals surface area contributed by atoms with Crippen LogP contribution >= 0.6 is 23.2 Å². The van der Waals surface area contributed by atoms with Gasteiger partial charge in [0.15, 0.2) is 0 Å². The molecule has 1 aliphatic rings. The highest BCUT2D eigenvalue weighted by Crippen LogP contribution is 2.45. The molecular formula is C27H26Cl2N2O3. The van der Waals surface area contributed by atoms with Gasteiger partial charge in [0.2, 0.25) is 5.91 Å². The Morgan fingerprint density at radius 2 is 1.47 bits per heavy atom. The summed E-state index contributed by atoms with van der Waals surface area (Å²) in [6.07, 6.45) is 0. The lowest BCUT2D eigenvalue weighted by molar-refractivity contribution is -0.126. The third-order valence-electron chi connectivity index (χ3n) is 5.63. The normalized spacial score (nSPS) is 17.4. The molecule has 5 nitrogen and oxygen atoms in total. The average molecular weight is 497 g/mol. The molecule has 2 atom stereocenters. The number of amidine groups is 1. The van der Waals surface area contributed by atoms with Crippen molar-refractivity contribution in [2.45, 2.75) is 32.9 Å². The van der Waals surface area contributed by atoms with Crippen LogP contribution in [0.25, 0.3) is 0 Å². The highest BCUT2D eigenvalue weighted by Gasteiger charge is 2.41. The van der Waals surface area contributed by atoms with Crippen LogP contribution in [0.4, 0.5) is 0 Å². The van der Waals surface area contributed by atoms with Crippen molar-refractivity contribution in [2.24, 2.45) is 4.99 Å². The Morgan fingerprint density at radius 3 is 2.03 bits per heavy atom. The fourth-order valence-corrected chi connectivity index (χ4v) is 4.46. The minimum absolute atomic E-state index is 0.119. The SMILES string of the molecule is CCOc1ccc(C2=N[C@H](c3ccc(Cl)cc3)[C@H](c3ccc(Cl)cc3)N2C(C)=O)c(OCC)c1. The van der Waals surface area contributed by atoms with Crippen molar-refractivity contribution in [1.29, 1.82) is 0 Å². The molecule has 0 saturated carbocycles. The molecule has 0 fully saturated rings. The number of amides is 1. The number of hydrogen-bond donors (Lipinski definition) is 0. The van der Waals surface area contributed by atoms with Gasteiger partial charge in [-0.05, 0) is 61.4 Å². The highest BCUT2D eigenvalue weighted by molar-refractivity contribution is 6.30. The first kappa shape index (κ1) is 24.1. The smallest absolute Gasteiger partial charge is 0.225 e. The maximum atomic E-state index is 13.1. The van der Waals surface area contributed by atoms with Gasteiger partial charge in [0, 0.05) is 23.0 Å².